The zero-order valence-electron chi connectivity index (χ0n) is 15.2. The number of carbonyl (C=O) groups is 1. The van der Waals surface area contributed by atoms with Crippen molar-refractivity contribution in [2.24, 2.45) is 0 Å². The third-order valence-corrected chi connectivity index (χ3v) is 5.56. The minimum Gasteiger partial charge on any atom is -0.341 e. The monoisotopic (exact) mass is 376 g/mol. The summed E-state index contributed by atoms with van der Waals surface area (Å²) < 4.78 is 29.8. The van der Waals surface area contributed by atoms with E-state index in [-0.39, 0.29) is 23.9 Å². The molecular weight excluding hydrogens is 354 g/mol. The van der Waals surface area contributed by atoms with Gasteiger partial charge in [-0.1, -0.05) is 13.0 Å². The number of carbonyl (C=O) groups excluding carboxylic acids is 1. The molecule has 2 atom stereocenters. The number of rotatable bonds is 3. The first kappa shape index (κ1) is 17.9. The van der Waals surface area contributed by atoms with E-state index in [4.69, 9.17) is 0 Å². The van der Waals surface area contributed by atoms with E-state index in [1.165, 1.54) is 15.3 Å². The third-order valence-electron chi connectivity index (χ3n) is 5.56. The van der Waals surface area contributed by atoms with E-state index in [0.29, 0.717) is 12.2 Å². The van der Waals surface area contributed by atoms with Gasteiger partial charge in [0.05, 0.1) is 6.54 Å². The van der Waals surface area contributed by atoms with Gasteiger partial charge in [0.25, 0.3) is 0 Å². The molecule has 27 heavy (non-hydrogen) atoms. The van der Waals surface area contributed by atoms with Crippen LogP contribution in [0.5, 0.6) is 0 Å². The highest BCUT2D eigenvalue weighted by molar-refractivity contribution is 5.81. The maximum absolute atomic E-state index is 14.0. The Labute approximate surface area is 155 Å². The van der Waals surface area contributed by atoms with E-state index in [1.807, 2.05) is 11.8 Å². The minimum absolute atomic E-state index is 0.0322. The Morgan fingerprint density at radius 2 is 1.96 bits per heavy atom. The fourth-order valence-electron chi connectivity index (χ4n) is 4.03. The van der Waals surface area contributed by atoms with Gasteiger partial charge in [-0.05, 0) is 31.7 Å². The Morgan fingerprint density at radius 1 is 1.22 bits per heavy atom. The summed E-state index contributed by atoms with van der Waals surface area (Å²) in [4.78, 5) is 27.7. The number of hydrogen-bond donors (Lipinski definition) is 0. The first-order chi connectivity index (χ1) is 13.0. The van der Waals surface area contributed by atoms with Crippen LogP contribution in [0.2, 0.25) is 0 Å². The van der Waals surface area contributed by atoms with Crippen LogP contribution < -0.4 is 5.69 Å². The molecule has 2 aromatic rings. The van der Waals surface area contributed by atoms with Crippen LogP contribution in [0.15, 0.2) is 23.0 Å². The molecule has 0 radical (unpaired) electrons. The molecule has 144 valence electrons. The van der Waals surface area contributed by atoms with Crippen molar-refractivity contribution in [2.75, 3.05) is 13.1 Å². The first-order valence-corrected chi connectivity index (χ1v) is 9.37. The van der Waals surface area contributed by atoms with Gasteiger partial charge in [0.2, 0.25) is 5.91 Å². The number of fused-ring (bicyclic) bond motifs is 1. The van der Waals surface area contributed by atoms with E-state index in [0.717, 1.165) is 44.5 Å². The summed E-state index contributed by atoms with van der Waals surface area (Å²) in [6, 6.07) is 2.71. The lowest BCUT2D eigenvalue weighted by atomic mass is 9.95. The Hall–Kier alpha value is -2.51. The maximum atomic E-state index is 14.0. The molecule has 4 rings (SSSR count). The summed E-state index contributed by atoms with van der Waals surface area (Å²) in [7, 11) is 0. The lowest BCUT2D eigenvalue weighted by Gasteiger charge is -2.29. The van der Waals surface area contributed by atoms with Gasteiger partial charge in [0, 0.05) is 30.6 Å². The summed E-state index contributed by atoms with van der Waals surface area (Å²) in [6.45, 7) is 3.33. The van der Waals surface area contributed by atoms with Gasteiger partial charge in [0.1, 0.15) is 23.5 Å². The van der Waals surface area contributed by atoms with Crippen LogP contribution in [-0.4, -0.2) is 38.2 Å². The second kappa shape index (κ2) is 6.90. The Morgan fingerprint density at radius 3 is 2.67 bits per heavy atom. The van der Waals surface area contributed by atoms with Crippen LogP contribution in [0.1, 0.15) is 56.0 Å². The molecule has 1 fully saturated rings. The van der Waals surface area contributed by atoms with Crippen LogP contribution in [0, 0.1) is 11.6 Å². The number of nitrogens with zero attached hydrogens (tertiary/aromatic N) is 4. The molecule has 0 N–H and O–H groups in total. The molecule has 6 nitrogen and oxygen atoms in total. The zero-order chi connectivity index (χ0) is 19.1. The van der Waals surface area contributed by atoms with Gasteiger partial charge < -0.3 is 4.90 Å². The fraction of sp³-hybridized carbons (Fsp3) is 0.526. The van der Waals surface area contributed by atoms with Crippen molar-refractivity contribution in [3.63, 3.8) is 0 Å². The van der Waals surface area contributed by atoms with Crippen molar-refractivity contribution in [3.8, 4) is 0 Å². The van der Waals surface area contributed by atoms with Crippen LogP contribution in [0.4, 0.5) is 8.78 Å². The fourth-order valence-corrected chi connectivity index (χ4v) is 4.03. The largest absolute Gasteiger partial charge is 0.347 e. The van der Waals surface area contributed by atoms with E-state index in [1.54, 1.807) is 0 Å². The zero-order valence-corrected chi connectivity index (χ0v) is 15.2. The lowest BCUT2D eigenvalue weighted by Crippen LogP contribution is -2.41. The Balaban J connectivity index is 1.69. The molecule has 3 heterocycles. The summed E-state index contributed by atoms with van der Waals surface area (Å²) in [6.07, 6.45) is 3.34. The van der Waals surface area contributed by atoms with Crippen molar-refractivity contribution in [2.45, 2.75) is 51.1 Å². The van der Waals surface area contributed by atoms with Crippen LogP contribution >= 0.6 is 0 Å². The average Bonchev–Trinajstić information content (AvgIpc) is 3.27. The van der Waals surface area contributed by atoms with Gasteiger partial charge in [0.15, 0.2) is 0 Å². The quantitative estimate of drug-likeness (QED) is 0.827. The number of hydrogen-bond acceptors (Lipinski definition) is 3. The molecule has 8 heteroatoms. The molecule has 1 aromatic heterocycles. The molecule has 2 aliphatic heterocycles. The molecule has 0 aliphatic carbocycles. The number of likely N-dealkylation sites (tertiary alicyclic amines) is 1. The molecule has 1 saturated heterocycles. The van der Waals surface area contributed by atoms with E-state index in [2.05, 4.69) is 5.10 Å². The highest BCUT2D eigenvalue weighted by Crippen LogP contribution is 2.32. The average molecular weight is 376 g/mol. The van der Waals surface area contributed by atoms with Crippen LogP contribution in [0.25, 0.3) is 0 Å². The number of amides is 1. The van der Waals surface area contributed by atoms with Crippen molar-refractivity contribution >= 4 is 5.91 Å². The van der Waals surface area contributed by atoms with Gasteiger partial charge in [-0.25, -0.2) is 18.3 Å². The van der Waals surface area contributed by atoms with Gasteiger partial charge in [-0.2, -0.15) is 5.10 Å². The lowest BCUT2D eigenvalue weighted by molar-refractivity contribution is -0.134. The second-order valence-corrected chi connectivity index (χ2v) is 7.43. The van der Waals surface area contributed by atoms with Gasteiger partial charge >= 0.3 is 5.69 Å². The van der Waals surface area contributed by atoms with Crippen molar-refractivity contribution < 1.29 is 13.6 Å². The summed E-state index contributed by atoms with van der Waals surface area (Å²) in [5, 5.41) is 4.39. The SMILES string of the molecule is CC1CCC(C(=O)N2CCCC2)n2c1nn(Cc1ccc(F)cc1F)c2=O. The standard InChI is InChI=1S/C19H22F2N4O2/c1-12-4-7-16(18(26)23-8-2-3-9-23)25-17(12)22-24(19(25)27)11-13-5-6-14(20)10-15(13)21/h5-6,10,12,16H,2-4,7-9,11H2,1H3. The summed E-state index contributed by atoms with van der Waals surface area (Å²) in [5.41, 5.74) is -0.234. The summed E-state index contributed by atoms with van der Waals surface area (Å²) >= 11 is 0. The summed E-state index contributed by atoms with van der Waals surface area (Å²) in [5.74, 6) is -0.815. The molecule has 1 aromatic carbocycles. The van der Waals surface area contributed by atoms with E-state index in [9.17, 15) is 18.4 Å². The topological polar surface area (TPSA) is 60.1 Å². The first-order valence-electron chi connectivity index (χ1n) is 9.37. The molecular formula is C19H22F2N4O2. The number of aromatic nitrogens is 3. The maximum Gasteiger partial charge on any atom is 0.347 e. The van der Waals surface area contributed by atoms with E-state index >= 15 is 0 Å². The minimum atomic E-state index is -0.717. The second-order valence-electron chi connectivity index (χ2n) is 7.43. The molecule has 0 bridgehead atoms. The predicted octanol–water partition coefficient (Wildman–Crippen LogP) is 2.43. The molecule has 0 saturated carbocycles. The van der Waals surface area contributed by atoms with Crippen LogP contribution in [0.3, 0.4) is 0 Å². The normalized spacial score (nSPS) is 22.1. The number of halogens is 2. The molecule has 0 spiro atoms. The third kappa shape index (κ3) is 3.17. The van der Waals surface area contributed by atoms with Crippen LogP contribution in [-0.2, 0) is 11.3 Å². The van der Waals surface area contributed by atoms with Gasteiger partial charge in [-0.3, -0.25) is 9.36 Å². The molecule has 2 aliphatic rings. The molecule has 1 amide bonds. The van der Waals surface area contributed by atoms with Gasteiger partial charge in [-0.15, -0.1) is 0 Å². The highest BCUT2D eigenvalue weighted by Gasteiger charge is 2.36. The van der Waals surface area contributed by atoms with Crippen molar-refractivity contribution in [3.05, 3.63) is 51.7 Å². The Bertz CT molecular complexity index is 930. The Kier molecular flexibility index (Phi) is 4.57. The molecule has 2 unspecified atom stereocenters. The highest BCUT2D eigenvalue weighted by atomic mass is 19.1. The smallest absolute Gasteiger partial charge is 0.341 e. The van der Waals surface area contributed by atoms with Crippen molar-refractivity contribution in [1.82, 2.24) is 19.2 Å². The van der Waals surface area contributed by atoms with Crippen molar-refractivity contribution in [1.29, 1.82) is 0 Å². The number of benzene rings is 1. The predicted molar refractivity (Wildman–Crippen MR) is 94.4 cm³/mol. The van der Waals surface area contributed by atoms with E-state index < -0.39 is 23.4 Å².